The molecule has 0 saturated heterocycles. The van der Waals surface area contributed by atoms with Gasteiger partial charge < -0.3 is 0 Å². The maximum atomic E-state index is 7.45. The van der Waals surface area contributed by atoms with Crippen molar-refractivity contribution in [3.05, 3.63) is 115 Å². The maximum Gasteiger partial charge on any atom is -0.147 e. The first-order valence-corrected chi connectivity index (χ1v) is 15.8. The largest absolute Gasteiger partial charge is 0.147 e. The fraction of sp³-hybridized carbons (Fsp3) is 0.281. The third-order valence-electron chi connectivity index (χ3n) is 8.37. The van der Waals surface area contributed by atoms with Crippen LogP contribution in [0.1, 0.15) is 61.1 Å². The predicted octanol–water partition coefficient (Wildman–Crippen LogP) is 7.20. The first kappa shape index (κ1) is 31.5. The van der Waals surface area contributed by atoms with Crippen LogP contribution in [0.25, 0.3) is 0 Å². The van der Waals surface area contributed by atoms with Crippen molar-refractivity contribution < 1.29 is 21.1 Å². The third-order valence-corrected chi connectivity index (χ3v) is 14.1. The molecule has 1 atom stereocenters. The molecule has 1 aliphatic carbocycles. The molecule has 37 heavy (non-hydrogen) atoms. The van der Waals surface area contributed by atoms with E-state index in [9.17, 15) is 0 Å². The Labute approximate surface area is 245 Å². The van der Waals surface area contributed by atoms with Crippen LogP contribution in [0.5, 0.6) is 5.75 Å². The minimum atomic E-state index is -2.50. The van der Waals surface area contributed by atoms with Gasteiger partial charge in [0.2, 0.25) is 0 Å². The monoisotopic (exact) mass is 586 g/mol. The van der Waals surface area contributed by atoms with Crippen LogP contribution in [-0.4, -0.2) is 14.1 Å². The molecule has 1 aliphatic rings. The molecule has 196 valence electrons. The smallest absolute Gasteiger partial charge is 0.147 e. The van der Waals surface area contributed by atoms with Gasteiger partial charge in [0.15, 0.2) is 0 Å². The molecule has 0 spiro atoms. The summed E-state index contributed by atoms with van der Waals surface area (Å²) in [6.45, 7) is 18.3. The zero-order valence-electron chi connectivity index (χ0n) is 23.6. The number of rotatable bonds is 5. The van der Waals surface area contributed by atoms with Gasteiger partial charge in [0.05, 0.1) is 0 Å². The fourth-order valence-electron chi connectivity index (χ4n) is 5.33. The van der Waals surface area contributed by atoms with E-state index in [2.05, 4.69) is 116 Å². The van der Waals surface area contributed by atoms with E-state index in [-0.39, 0.29) is 24.8 Å². The Hall–Kier alpha value is -1.68. The van der Waals surface area contributed by atoms with Gasteiger partial charge in [0.1, 0.15) is 0 Å². The van der Waals surface area contributed by atoms with Crippen molar-refractivity contribution in [3.63, 3.8) is 0 Å². The van der Waals surface area contributed by atoms with Crippen LogP contribution in [0, 0.1) is 33.6 Å². The molecule has 0 bridgehead atoms. The molecule has 0 amide bonds. The van der Waals surface area contributed by atoms with Gasteiger partial charge in [-0.2, -0.15) is 0 Å². The van der Waals surface area contributed by atoms with Crippen LogP contribution in [0.2, 0.25) is 0 Å². The first-order valence-electron chi connectivity index (χ1n) is 12.6. The van der Waals surface area contributed by atoms with E-state index in [0.717, 1.165) is 16.0 Å². The summed E-state index contributed by atoms with van der Waals surface area (Å²) in [5.41, 5.74) is 12.4. The van der Waals surface area contributed by atoms with Gasteiger partial charge >= 0.3 is 222 Å². The molecule has 0 aliphatic heterocycles. The van der Waals surface area contributed by atoms with Crippen molar-refractivity contribution >= 4 is 44.1 Å². The SMILES string of the molecule is CC1=C(C)C(C)[C]([Ti]([O]c2c(C)c(C)c(C)c([SiH3])c2C)=[C](c2ccccc2)c2ccccc2)=C1C.Cl.Cl. The average Bonchev–Trinajstić information content (AvgIpc) is 3.07. The summed E-state index contributed by atoms with van der Waals surface area (Å²) in [6, 6.07) is 21.9. The molecule has 4 rings (SSSR count). The molecule has 1 nitrogen and oxygen atoms in total. The van der Waals surface area contributed by atoms with E-state index in [1.807, 2.05) is 0 Å². The van der Waals surface area contributed by atoms with E-state index < -0.39 is 17.8 Å². The molecule has 1 unspecified atom stereocenters. The van der Waals surface area contributed by atoms with Crippen LogP contribution >= 0.6 is 24.8 Å². The van der Waals surface area contributed by atoms with E-state index >= 15 is 0 Å². The van der Waals surface area contributed by atoms with Gasteiger partial charge in [0.25, 0.3) is 0 Å². The summed E-state index contributed by atoms with van der Waals surface area (Å²) in [6.07, 6.45) is 0. The molecule has 0 N–H and O–H groups in total. The Morgan fingerprint density at radius 2 is 1.16 bits per heavy atom. The second-order valence-electron chi connectivity index (χ2n) is 10.1. The van der Waals surface area contributed by atoms with E-state index in [1.54, 1.807) is 3.88 Å². The molecular formula is C32H40Cl2OSiTi. The average molecular weight is 588 g/mol. The molecular weight excluding hydrogens is 547 g/mol. The quantitative estimate of drug-likeness (QED) is 0.287. The van der Waals surface area contributed by atoms with Crippen molar-refractivity contribution in [2.75, 3.05) is 0 Å². The molecule has 0 heterocycles. The van der Waals surface area contributed by atoms with Crippen molar-refractivity contribution in [2.24, 2.45) is 5.92 Å². The molecule has 0 aromatic heterocycles. The first-order chi connectivity index (χ1) is 16.6. The van der Waals surface area contributed by atoms with Gasteiger partial charge in [0, 0.05) is 0 Å². The Kier molecular flexibility index (Phi) is 11.0. The van der Waals surface area contributed by atoms with Crippen molar-refractivity contribution in [1.29, 1.82) is 0 Å². The number of hydrogen-bond acceptors (Lipinski definition) is 1. The number of benzene rings is 3. The predicted molar refractivity (Wildman–Crippen MR) is 166 cm³/mol. The molecule has 5 heteroatoms. The second-order valence-corrected chi connectivity index (χ2v) is 14.0. The zero-order valence-corrected chi connectivity index (χ0v) is 28.8. The summed E-state index contributed by atoms with van der Waals surface area (Å²) in [7, 11) is 1.03. The van der Waals surface area contributed by atoms with E-state index in [1.165, 1.54) is 59.1 Å². The Morgan fingerprint density at radius 3 is 1.59 bits per heavy atom. The molecule has 3 aromatic carbocycles. The summed E-state index contributed by atoms with van der Waals surface area (Å²) < 4.78 is 10.4. The second kappa shape index (κ2) is 12.9. The van der Waals surface area contributed by atoms with Gasteiger partial charge in [-0.3, -0.25) is 0 Å². The number of hydrogen-bond donors (Lipinski definition) is 0. The molecule has 3 aromatic rings. The number of halogens is 2. The zero-order chi connectivity index (χ0) is 25.4. The minimum absolute atomic E-state index is 0. The van der Waals surface area contributed by atoms with Crippen LogP contribution in [0.3, 0.4) is 0 Å². The van der Waals surface area contributed by atoms with Crippen LogP contribution in [0.4, 0.5) is 0 Å². The summed E-state index contributed by atoms with van der Waals surface area (Å²) in [5.74, 6) is 1.54. The van der Waals surface area contributed by atoms with Crippen molar-refractivity contribution in [2.45, 2.75) is 55.4 Å². The third kappa shape index (κ3) is 5.84. The van der Waals surface area contributed by atoms with Crippen LogP contribution in [-0.2, 0) is 17.8 Å². The van der Waals surface area contributed by atoms with E-state index in [0.29, 0.717) is 5.92 Å². The normalized spacial score (nSPS) is 14.9. The van der Waals surface area contributed by atoms with E-state index in [4.69, 9.17) is 3.32 Å². The summed E-state index contributed by atoms with van der Waals surface area (Å²) in [5, 5.41) is 1.48. The van der Waals surface area contributed by atoms with Gasteiger partial charge in [-0.1, -0.05) is 0 Å². The van der Waals surface area contributed by atoms with Crippen molar-refractivity contribution in [3.8, 4) is 5.75 Å². The van der Waals surface area contributed by atoms with Gasteiger partial charge in [-0.25, -0.2) is 0 Å². The minimum Gasteiger partial charge on any atom is -0.147 e. The molecule has 0 fully saturated rings. The molecule has 0 radical (unpaired) electrons. The number of allylic oxidation sites excluding steroid dienone is 4. The summed E-state index contributed by atoms with van der Waals surface area (Å²) >= 11 is -2.50. The standard InChI is InChI=1S/C13H10.C10H16OSi.C9H13.2ClH.Ti/c1-3-7-12(8-4-1)11-13-9-5-2-6-10-13;1-5-6(2)9(11)8(4)10(12)7(5)3;1-6-5-7(2)9(4)8(6)3;;;/h1-10H;11H,1-4,12H3;6H,1-4H3;2*1H;/q;;;;;+1/p-1. The fourth-order valence-corrected chi connectivity index (χ4v) is 10.6. The topological polar surface area (TPSA) is 9.23 Å². The summed E-state index contributed by atoms with van der Waals surface area (Å²) in [4.78, 5) is 0. The Balaban J connectivity index is 0.00000241. The van der Waals surface area contributed by atoms with Crippen molar-refractivity contribution in [1.82, 2.24) is 0 Å². The van der Waals surface area contributed by atoms with Gasteiger partial charge in [-0.05, 0) is 0 Å². The Bertz CT molecular complexity index is 1320. The van der Waals surface area contributed by atoms with Gasteiger partial charge in [-0.15, -0.1) is 24.8 Å². The Morgan fingerprint density at radius 1 is 0.676 bits per heavy atom. The maximum absolute atomic E-state index is 7.45. The van der Waals surface area contributed by atoms with Crippen LogP contribution in [0.15, 0.2) is 81.3 Å². The molecule has 0 saturated carbocycles. The van der Waals surface area contributed by atoms with Crippen LogP contribution < -0.4 is 8.51 Å².